The molecule has 1 atom stereocenters. The fourth-order valence-corrected chi connectivity index (χ4v) is 3.27. The molecule has 7 nitrogen and oxygen atoms in total. The van der Waals surface area contributed by atoms with Crippen LogP contribution in [0.3, 0.4) is 0 Å². The molecule has 0 aliphatic carbocycles. The number of carboxylic acid groups (broad SMARTS) is 1. The van der Waals surface area contributed by atoms with E-state index < -0.39 is 12.4 Å². The minimum absolute atomic E-state index is 0.374. The summed E-state index contributed by atoms with van der Waals surface area (Å²) in [4.78, 5) is 11.0. The Balaban J connectivity index is 2.01. The average Bonchev–Trinajstić information content (AvgIpc) is 3.16. The zero-order valence-corrected chi connectivity index (χ0v) is 17.6. The number of nitrogens with zero attached hydrogens (tertiary/aromatic N) is 2. The van der Waals surface area contributed by atoms with Gasteiger partial charge >= 0.3 is 6.16 Å². The van der Waals surface area contributed by atoms with E-state index in [1.807, 2.05) is 48.5 Å². The van der Waals surface area contributed by atoms with E-state index >= 15 is 0 Å². The van der Waals surface area contributed by atoms with Crippen LogP contribution in [0.2, 0.25) is 0 Å². The highest BCUT2D eigenvalue weighted by Crippen LogP contribution is 2.30. The van der Waals surface area contributed by atoms with Crippen molar-refractivity contribution in [3.05, 3.63) is 59.7 Å². The number of hydrogen-bond acceptors (Lipinski definition) is 6. The van der Waals surface area contributed by atoms with Gasteiger partial charge < -0.3 is 19.3 Å². The minimum atomic E-state index is -1.29. The first-order valence-corrected chi connectivity index (χ1v) is 10.1. The van der Waals surface area contributed by atoms with Crippen molar-refractivity contribution in [3.63, 3.8) is 0 Å². The summed E-state index contributed by atoms with van der Waals surface area (Å²) in [5.74, 6) is 1.67. The Bertz CT molecular complexity index is 882. The van der Waals surface area contributed by atoms with Gasteiger partial charge in [-0.2, -0.15) is 5.10 Å². The lowest BCUT2D eigenvalue weighted by atomic mass is 10.0. The molecule has 0 bridgehead atoms. The highest BCUT2D eigenvalue weighted by molar-refractivity contribution is 6.13. The van der Waals surface area contributed by atoms with Crippen molar-refractivity contribution in [2.75, 3.05) is 20.3 Å². The summed E-state index contributed by atoms with van der Waals surface area (Å²) >= 11 is 0. The van der Waals surface area contributed by atoms with Crippen molar-refractivity contribution in [2.45, 2.75) is 32.9 Å². The largest absolute Gasteiger partial charge is 0.507 e. The van der Waals surface area contributed by atoms with Crippen LogP contribution in [-0.2, 0) is 4.74 Å². The second-order valence-corrected chi connectivity index (χ2v) is 7.53. The molecule has 0 amide bonds. The van der Waals surface area contributed by atoms with E-state index in [2.05, 4.69) is 13.8 Å². The predicted octanol–water partition coefficient (Wildman–Crippen LogP) is 4.60. The van der Waals surface area contributed by atoms with Gasteiger partial charge in [0.25, 0.3) is 0 Å². The summed E-state index contributed by atoms with van der Waals surface area (Å²) in [6.45, 7) is 5.37. The average molecular weight is 412 g/mol. The summed E-state index contributed by atoms with van der Waals surface area (Å²) in [5.41, 5.74) is 2.48. The Morgan fingerprint density at radius 3 is 2.60 bits per heavy atom. The number of rotatable bonds is 8. The second kappa shape index (κ2) is 10.0. The molecule has 1 aliphatic rings. The molecule has 160 valence electrons. The predicted molar refractivity (Wildman–Crippen MR) is 114 cm³/mol. The number of ether oxygens (including phenoxy) is 3. The summed E-state index contributed by atoms with van der Waals surface area (Å²) in [6.07, 6.45) is -0.453. The first-order chi connectivity index (χ1) is 14.5. The Morgan fingerprint density at radius 1 is 1.17 bits per heavy atom. The molecule has 0 saturated carbocycles. The summed E-state index contributed by atoms with van der Waals surface area (Å²) < 4.78 is 16.4. The molecule has 0 spiro atoms. The van der Waals surface area contributed by atoms with Crippen LogP contribution < -0.4 is 9.47 Å². The number of hydrogen-bond donors (Lipinski definition) is 1. The standard InChI is InChI=1S/C23H28N2O5/c1-16(2)15-29-20-14-18(11-12-19(20)28-3)22(17-8-5-4-6-9-17)24-25-13-7-10-21(25)30-23(26)27/h4-6,8-9,11-12,14,16,21H,7,10,13,15H2,1-3H3,(H,26,27)/b24-22+. The van der Waals surface area contributed by atoms with Crippen molar-refractivity contribution in [3.8, 4) is 11.5 Å². The number of methoxy groups -OCH3 is 1. The van der Waals surface area contributed by atoms with Crippen LogP contribution in [0.15, 0.2) is 53.6 Å². The molecule has 1 fully saturated rings. The fourth-order valence-electron chi connectivity index (χ4n) is 3.27. The molecular formula is C23H28N2O5. The smallest absolute Gasteiger partial charge is 0.493 e. The van der Waals surface area contributed by atoms with Crippen LogP contribution in [0.5, 0.6) is 11.5 Å². The van der Waals surface area contributed by atoms with E-state index in [9.17, 15) is 4.79 Å². The topological polar surface area (TPSA) is 80.6 Å². The van der Waals surface area contributed by atoms with Crippen LogP contribution >= 0.6 is 0 Å². The van der Waals surface area contributed by atoms with Gasteiger partial charge in [-0.3, -0.25) is 5.01 Å². The highest BCUT2D eigenvalue weighted by atomic mass is 16.7. The van der Waals surface area contributed by atoms with E-state index in [-0.39, 0.29) is 0 Å². The molecule has 1 heterocycles. The summed E-state index contributed by atoms with van der Waals surface area (Å²) in [7, 11) is 1.61. The van der Waals surface area contributed by atoms with E-state index in [1.54, 1.807) is 12.1 Å². The Hall–Kier alpha value is -3.22. The van der Waals surface area contributed by atoms with Crippen molar-refractivity contribution in [2.24, 2.45) is 11.0 Å². The maximum atomic E-state index is 11.0. The first kappa shape index (κ1) is 21.5. The second-order valence-electron chi connectivity index (χ2n) is 7.53. The van der Waals surface area contributed by atoms with Gasteiger partial charge in [0.2, 0.25) is 0 Å². The van der Waals surface area contributed by atoms with Crippen LogP contribution in [0.4, 0.5) is 4.79 Å². The van der Waals surface area contributed by atoms with Gasteiger partial charge in [0.05, 0.1) is 19.4 Å². The molecule has 1 unspecified atom stereocenters. The van der Waals surface area contributed by atoms with Gasteiger partial charge in [-0.25, -0.2) is 4.79 Å². The normalized spacial score (nSPS) is 16.6. The Kier molecular flexibility index (Phi) is 7.17. The quantitative estimate of drug-likeness (QED) is 0.504. The van der Waals surface area contributed by atoms with Crippen molar-refractivity contribution < 1.29 is 24.1 Å². The maximum Gasteiger partial charge on any atom is 0.507 e. The number of hydrazone groups is 1. The van der Waals surface area contributed by atoms with Gasteiger partial charge in [-0.1, -0.05) is 44.2 Å². The van der Waals surface area contributed by atoms with E-state index in [1.165, 1.54) is 0 Å². The third-order valence-corrected chi connectivity index (χ3v) is 4.69. The van der Waals surface area contributed by atoms with E-state index in [0.29, 0.717) is 42.7 Å². The number of carbonyl (C=O) groups is 1. The van der Waals surface area contributed by atoms with Crippen molar-refractivity contribution in [1.82, 2.24) is 5.01 Å². The Morgan fingerprint density at radius 2 is 1.93 bits per heavy atom. The van der Waals surface area contributed by atoms with Gasteiger partial charge in [0, 0.05) is 24.1 Å². The van der Waals surface area contributed by atoms with Crippen LogP contribution in [-0.4, -0.2) is 48.5 Å². The highest BCUT2D eigenvalue weighted by Gasteiger charge is 2.28. The lowest BCUT2D eigenvalue weighted by Crippen LogP contribution is -2.30. The molecule has 1 saturated heterocycles. The third kappa shape index (κ3) is 5.43. The zero-order valence-electron chi connectivity index (χ0n) is 17.6. The van der Waals surface area contributed by atoms with Gasteiger partial charge in [-0.15, -0.1) is 0 Å². The SMILES string of the molecule is COc1ccc(/C(=N/N2CCCC2OC(=O)O)c2ccccc2)cc1OCC(C)C. The summed E-state index contributed by atoms with van der Waals surface area (Å²) in [5, 5.41) is 15.5. The van der Waals surface area contributed by atoms with Crippen LogP contribution in [0, 0.1) is 5.92 Å². The van der Waals surface area contributed by atoms with Gasteiger partial charge in [0.15, 0.2) is 17.7 Å². The summed E-state index contributed by atoms with van der Waals surface area (Å²) in [6, 6.07) is 15.5. The third-order valence-electron chi connectivity index (χ3n) is 4.69. The van der Waals surface area contributed by atoms with Crippen molar-refractivity contribution in [1.29, 1.82) is 0 Å². The maximum absolute atomic E-state index is 11.0. The molecule has 0 radical (unpaired) electrons. The van der Waals surface area contributed by atoms with Crippen molar-refractivity contribution >= 4 is 11.9 Å². The number of benzene rings is 2. The van der Waals surface area contributed by atoms with Gasteiger partial charge in [0.1, 0.15) is 0 Å². The first-order valence-electron chi connectivity index (χ1n) is 10.1. The lowest BCUT2D eigenvalue weighted by molar-refractivity contribution is -0.0125. The lowest BCUT2D eigenvalue weighted by Gasteiger charge is -2.22. The van der Waals surface area contributed by atoms with Crippen LogP contribution in [0.25, 0.3) is 0 Å². The monoisotopic (exact) mass is 412 g/mol. The van der Waals surface area contributed by atoms with Gasteiger partial charge in [-0.05, 0) is 30.5 Å². The molecule has 1 aliphatic heterocycles. The van der Waals surface area contributed by atoms with E-state index in [0.717, 1.165) is 17.5 Å². The molecule has 7 heteroatoms. The fraction of sp³-hybridized carbons (Fsp3) is 0.391. The molecule has 2 aromatic rings. The molecule has 30 heavy (non-hydrogen) atoms. The van der Waals surface area contributed by atoms with E-state index in [4.69, 9.17) is 24.4 Å². The Labute approximate surface area is 176 Å². The zero-order chi connectivity index (χ0) is 21.5. The molecule has 0 aromatic heterocycles. The molecule has 1 N–H and O–H groups in total. The minimum Gasteiger partial charge on any atom is -0.493 e. The van der Waals surface area contributed by atoms with Crippen LogP contribution in [0.1, 0.15) is 37.8 Å². The molecular weight excluding hydrogens is 384 g/mol. The molecule has 3 rings (SSSR count). The molecule has 2 aromatic carbocycles.